The lowest BCUT2D eigenvalue weighted by Gasteiger charge is -2.22. The summed E-state index contributed by atoms with van der Waals surface area (Å²) in [5.74, 6) is -1.13. The number of methoxy groups -OCH3 is 1. The van der Waals surface area contributed by atoms with Crippen LogP contribution in [-0.2, 0) is 38.5 Å². The molecule has 3 aromatic rings. The first-order valence-corrected chi connectivity index (χ1v) is 11.5. The number of halogens is 1. The summed E-state index contributed by atoms with van der Waals surface area (Å²) in [4.78, 5) is 38.1. The maximum absolute atomic E-state index is 13.2. The predicted octanol–water partition coefficient (Wildman–Crippen LogP) is 4.08. The monoisotopic (exact) mass is 494 g/mol. The van der Waals surface area contributed by atoms with Gasteiger partial charge in [0, 0.05) is 17.9 Å². The van der Waals surface area contributed by atoms with E-state index in [0.29, 0.717) is 5.02 Å². The van der Waals surface area contributed by atoms with E-state index in [0.717, 1.165) is 16.7 Å². The largest absolute Gasteiger partial charge is 0.467 e. The lowest BCUT2D eigenvalue weighted by atomic mass is 10.0. The molecule has 2 atom stereocenters. The van der Waals surface area contributed by atoms with Gasteiger partial charge in [0.05, 0.1) is 7.11 Å². The maximum atomic E-state index is 13.2. The number of hydrogen-bond acceptors (Lipinski definition) is 5. The van der Waals surface area contributed by atoms with Gasteiger partial charge in [0.25, 0.3) is 0 Å². The summed E-state index contributed by atoms with van der Waals surface area (Å²) in [5.41, 5.74) is 2.45. The number of alkyl carbamates (subject to hydrolysis) is 1. The molecular formula is C27H27ClN2O5. The highest BCUT2D eigenvalue weighted by Gasteiger charge is 2.28. The number of carbonyl (C=O) groups excluding carboxylic acids is 3. The van der Waals surface area contributed by atoms with Crippen molar-refractivity contribution in [2.45, 2.75) is 31.5 Å². The van der Waals surface area contributed by atoms with Gasteiger partial charge < -0.3 is 20.1 Å². The number of esters is 1. The fourth-order valence-corrected chi connectivity index (χ4v) is 3.56. The molecule has 0 fully saturated rings. The van der Waals surface area contributed by atoms with Gasteiger partial charge in [-0.05, 0) is 28.8 Å². The molecule has 0 unspecified atom stereocenters. The standard InChI is InChI=1S/C27H27ClN2O5/c1-34-26(32)24(17-20-12-14-22(28)15-13-20)29-25(31)23(16-19-8-4-2-5-9-19)30-27(33)35-18-21-10-6-3-7-11-21/h2-15,23-24H,16-18H2,1H3,(H,29,31)(H,30,33)/t23-,24+/m1/s1. The Balaban J connectivity index is 1.71. The third kappa shape index (κ3) is 8.46. The van der Waals surface area contributed by atoms with E-state index in [1.807, 2.05) is 60.7 Å². The molecule has 0 radical (unpaired) electrons. The zero-order valence-electron chi connectivity index (χ0n) is 19.3. The van der Waals surface area contributed by atoms with Gasteiger partial charge in [0.1, 0.15) is 18.7 Å². The Morgan fingerprint density at radius 3 is 1.89 bits per heavy atom. The number of carbonyl (C=O) groups is 3. The first kappa shape index (κ1) is 25.8. The summed E-state index contributed by atoms with van der Waals surface area (Å²) in [6, 6.07) is 23.5. The fourth-order valence-electron chi connectivity index (χ4n) is 3.43. The zero-order chi connectivity index (χ0) is 25.0. The molecule has 0 aliphatic heterocycles. The molecule has 7 nitrogen and oxygen atoms in total. The molecule has 2 amide bonds. The third-order valence-corrected chi connectivity index (χ3v) is 5.51. The van der Waals surface area contributed by atoms with E-state index in [1.165, 1.54) is 7.11 Å². The minimum atomic E-state index is -0.974. The van der Waals surface area contributed by atoms with Gasteiger partial charge in [-0.3, -0.25) is 4.79 Å². The summed E-state index contributed by atoms with van der Waals surface area (Å²) < 4.78 is 10.2. The smallest absolute Gasteiger partial charge is 0.408 e. The predicted molar refractivity (Wildman–Crippen MR) is 133 cm³/mol. The lowest BCUT2D eigenvalue weighted by Crippen LogP contribution is -2.53. The minimum absolute atomic E-state index is 0.0632. The molecule has 0 aliphatic rings. The Kier molecular flexibility index (Phi) is 9.69. The number of rotatable bonds is 10. The second-order valence-corrected chi connectivity index (χ2v) is 8.30. The molecule has 0 aromatic heterocycles. The summed E-state index contributed by atoms with van der Waals surface area (Å²) in [6.45, 7) is 0.0632. The Bertz CT molecular complexity index is 1110. The Morgan fingerprint density at radius 1 is 0.743 bits per heavy atom. The second-order valence-electron chi connectivity index (χ2n) is 7.86. The van der Waals surface area contributed by atoms with Gasteiger partial charge in [0.2, 0.25) is 5.91 Å². The number of ether oxygens (including phenoxy) is 2. The third-order valence-electron chi connectivity index (χ3n) is 5.26. The normalized spacial score (nSPS) is 12.2. The van der Waals surface area contributed by atoms with Gasteiger partial charge in [0.15, 0.2) is 0 Å². The van der Waals surface area contributed by atoms with E-state index in [-0.39, 0.29) is 19.4 Å². The van der Waals surface area contributed by atoms with Crippen molar-refractivity contribution in [3.8, 4) is 0 Å². The number of nitrogens with one attached hydrogen (secondary N) is 2. The average Bonchev–Trinajstić information content (AvgIpc) is 2.88. The first-order chi connectivity index (χ1) is 16.9. The molecule has 182 valence electrons. The zero-order valence-corrected chi connectivity index (χ0v) is 20.0. The molecule has 0 saturated heterocycles. The summed E-state index contributed by atoms with van der Waals surface area (Å²) in [6.07, 6.45) is -0.328. The van der Waals surface area contributed by atoms with E-state index in [2.05, 4.69) is 10.6 Å². The van der Waals surface area contributed by atoms with Crippen molar-refractivity contribution in [3.63, 3.8) is 0 Å². The minimum Gasteiger partial charge on any atom is -0.467 e. The highest BCUT2D eigenvalue weighted by molar-refractivity contribution is 6.30. The molecule has 2 N–H and O–H groups in total. The molecule has 8 heteroatoms. The summed E-state index contributed by atoms with van der Waals surface area (Å²) in [5, 5.41) is 5.90. The summed E-state index contributed by atoms with van der Waals surface area (Å²) >= 11 is 5.94. The molecule has 0 spiro atoms. The molecule has 0 bridgehead atoms. The number of benzene rings is 3. The van der Waals surface area contributed by atoms with Crippen LogP contribution >= 0.6 is 11.6 Å². The van der Waals surface area contributed by atoms with Crippen molar-refractivity contribution in [3.05, 3.63) is 107 Å². The van der Waals surface area contributed by atoms with E-state index in [4.69, 9.17) is 21.1 Å². The molecule has 0 aliphatic carbocycles. The molecular weight excluding hydrogens is 468 g/mol. The number of hydrogen-bond donors (Lipinski definition) is 2. The SMILES string of the molecule is COC(=O)[C@H](Cc1ccc(Cl)cc1)NC(=O)[C@@H](Cc1ccccc1)NC(=O)OCc1ccccc1. The van der Waals surface area contributed by atoms with Crippen molar-refractivity contribution in [1.29, 1.82) is 0 Å². The van der Waals surface area contributed by atoms with Crippen LogP contribution in [0.3, 0.4) is 0 Å². The van der Waals surface area contributed by atoms with Crippen LogP contribution in [0.25, 0.3) is 0 Å². The van der Waals surface area contributed by atoms with E-state index in [1.54, 1.807) is 24.3 Å². The molecule has 0 saturated carbocycles. The van der Waals surface area contributed by atoms with Gasteiger partial charge in [-0.1, -0.05) is 84.4 Å². The van der Waals surface area contributed by atoms with Crippen molar-refractivity contribution >= 4 is 29.6 Å². The van der Waals surface area contributed by atoms with Crippen LogP contribution in [0.2, 0.25) is 5.02 Å². The van der Waals surface area contributed by atoms with Crippen molar-refractivity contribution in [2.24, 2.45) is 0 Å². The van der Waals surface area contributed by atoms with Gasteiger partial charge in [-0.25, -0.2) is 9.59 Å². The van der Waals surface area contributed by atoms with E-state index >= 15 is 0 Å². The molecule has 3 aromatic carbocycles. The van der Waals surface area contributed by atoms with Crippen LogP contribution in [-0.4, -0.2) is 37.2 Å². The topological polar surface area (TPSA) is 93.7 Å². The van der Waals surface area contributed by atoms with Crippen LogP contribution < -0.4 is 10.6 Å². The van der Waals surface area contributed by atoms with Gasteiger partial charge in [-0.2, -0.15) is 0 Å². The average molecular weight is 495 g/mol. The summed E-state index contributed by atoms with van der Waals surface area (Å²) in [7, 11) is 1.25. The highest BCUT2D eigenvalue weighted by Crippen LogP contribution is 2.12. The van der Waals surface area contributed by atoms with Crippen molar-refractivity contribution < 1.29 is 23.9 Å². The van der Waals surface area contributed by atoms with E-state index < -0.39 is 30.1 Å². The first-order valence-electron chi connectivity index (χ1n) is 11.1. The fraction of sp³-hybridized carbons (Fsp3) is 0.222. The Morgan fingerprint density at radius 2 is 1.29 bits per heavy atom. The second kappa shape index (κ2) is 13.2. The molecule has 35 heavy (non-hydrogen) atoms. The van der Waals surface area contributed by atoms with Crippen LogP contribution in [0.1, 0.15) is 16.7 Å². The Labute approximate surface area is 209 Å². The quantitative estimate of drug-likeness (QED) is 0.414. The van der Waals surface area contributed by atoms with Crippen molar-refractivity contribution in [1.82, 2.24) is 10.6 Å². The van der Waals surface area contributed by atoms with Gasteiger partial charge >= 0.3 is 12.1 Å². The molecule has 3 rings (SSSR count). The number of amides is 2. The van der Waals surface area contributed by atoms with Crippen LogP contribution in [0, 0.1) is 0 Å². The van der Waals surface area contributed by atoms with E-state index in [9.17, 15) is 14.4 Å². The van der Waals surface area contributed by atoms with Gasteiger partial charge in [-0.15, -0.1) is 0 Å². The van der Waals surface area contributed by atoms with Crippen molar-refractivity contribution in [2.75, 3.05) is 7.11 Å². The van der Waals surface area contributed by atoms with Crippen LogP contribution in [0.5, 0.6) is 0 Å². The molecule has 0 heterocycles. The highest BCUT2D eigenvalue weighted by atomic mass is 35.5. The van der Waals surface area contributed by atoms with Crippen LogP contribution in [0.4, 0.5) is 4.79 Å². The lowest BCUT2D eigenvalue weighted by molar-refractivity contribution is -0.145. The van der Waals surface area contributed by atoms with Crippen LogP contribution in [0.15, 0.2) is 84.9 Å². The Hall–Kier alpha value is -3.84. The maximum Gasteiger partial charge on any atom is 0.408 e.